The van der Waals surface area contributed by atoms with Crippen molar-refractivity contribution in [1.82, 2.24) is 14.7 Å². The van der Waals surface area contributed by atoms with E-state index in [9.17, 15) is 14.4 Å². The summed E-state index contributed by atoms with van der Waals surface area (Å²) in [5.74, 6) is -0.271. The second kappa shape index (κ2) is 9.78. The van der Waals surface area contributed by atoms with Crippen LogP contribution in [0, 0.1) is 6.92 Å². The van der Waals surface area contributed by atoms with Gasteiger partial charge < -0.3 is 9.64 Å². The van der Waals surface area contributed by atoms with Gasteiger partial charge in [-0.1, -0.05) is 37.1 Å². The van der Waals surface area contributed by atoms with Crippen LogP contribution < -0.4 is 0 Å². The summed E-state index contributed by atoms with van der Waals surface area (Å²) in [4.78, 5) is 46.7. The molecule has 4 fully saturated rings. The number of hydrogen-bond donors (Lipinski definition) is 0. The van der Waals surface area contributed by atoms with Crippen molar-refractivity contribution in [2.24, 2.45) is 0 Å². The zero-order valence-electron chi connectivity index (χ0n) is 20.3. The number of ether oxygens (including phenoxy) is 1. The fourth-order valence-electron chi connectivity index (χ4n) is 6.64. The highest BCUT2D eigenvalue weighted by atomic mass is 16.5. The van der Waals surface area contributed by atoms with Crippen molar-refractivity contribution in [1.29, 1.82) is 0 Å². The molecule has 0 radical (unpaired) electrons. The summed E-state index contributed by atoms with van der Waals surface area (Å²) >= 11 is 0. The molecule has 0 N–H and O–H groups in total. The topological polar surface area (TPSA) is 70.2 Å². The lowest BCUT2D eigenvalue weighted by molar-refractivity contribution is -0.145. The maximum atomic E-state index is 14.0. The van der Waals surface area contributed by atoms with Crippen LogP contribution in [0.2, 0.25) is 0 Å². The number of nitrogens with zero attached hydrogens (tertiary/aromatic N) is 3. The molecular weight excluding hydrogens is 430 g/mol. The fraction of sp³-hybridized carbons (Fsp3) is 0.667. The van der Waals surface area contributed by atoms with Crippen molar-refractivity contribution in [3.8, 4) is 0 Å². The van der Waals surface area contributed by atoms with Crippen molar-refractivity contribution >= 4 is 17.7 Å². The molecule has 1 saturated carbocycles. The first-order valence-corrected chi connectivity index (χ1v) is 13.0. The third-order valence-electron chi connectivity index (χ3n) is 8.53. The molecule has 184 valence electrons. The van der Waals surface area contributed by atoms with Crippen LogP contribution in [0.5, 0.6) is 0 Å². The number of likely N-dealkylation sites (tertiary alicyclic amines) is 2. The molecule has 1 atom stereocenters. The summed E-state index contributed by atoms with van der Waals surface area (Å²) in [5, 5.41) is 0. The highest BCUT2D eigenvalue weighted by molar-refractivity contribution is 6.11. The lowest BCUT2D eigenvalue weighted by atomic mass is 9.73. The molecule has 3 amide bonds. The predicted molar refractivity (Wildman–Crippen MR) is 128 cm³/mol. The van der Waals surface area contributed by atoms with E-state index in [4.69, 9.17) is 4.74 Å². The van der Waals surface area contributed by atoms with Crippen LogP contribution in [0.4, 0.5) is 0 Å². The van der Waals surface area contributed by atoms with E-state index in [0.717, 1.165) is 76.0 Å². The van der Waals surface area contributed by atoms with Crippen molar-refractivity contribution in [2.75, 3.05) is 39.4 Å². The second-order valence-electron chi connectivity index (χ2n) is 10.5. The summed E-state index contributed by atoms with van der Waals surface area (Å²) in [6.45, 7) is 6.88. The minimum Gasteiger partial charge on any atom is -0.379 e. The monoisotopic (exact) mass is 467 g/mol. The van der Waals surface area contributed by atoms with E-state index in [1.54, 1.807) is 0 Å². The van der Waals surface area contributed by atoms with Gasteiger partial charge in [0.2, 0.25) is 17.7 Å². The molecule has 4 aliphatic rings. The Labute approximate surface area is 202 Å². The molecule has 5 rings (SSSR count). The Kier molecular flexibility index (Phi) is 6.76. The highest BCUT2D eigenvalue weighted by Crippen LogP contribution is 2.44. The summed E-state index contributed by atoms with van der Waals surface area (Å²) in [7, 11) is 0. The SMILES string of the molecule is Cc1ccccc1C1(CC(=O)N2CCC(N3CCOCC3)CC2)CC(=O)N(C2CCCC2)C1=O. The highest BCUT2D eigenvalue weighted by Gasteiger charge is 2.56. The van der Waals surface area contributed by atoms with Gasteiger partial charge in [-0.05, 0) is 43.7 Å². The van der Waals surface area contributed by atoms with Gasteiger partial charge in [0.05, 0.1) is 18.6 Å². The Morgan fingerprint density at radius 2 is 1.65 bits per heavy atom. The van der Waals surface area contributed by atoms with Crippen molar-refractivity contribution in [2.45, 2.75) is 75.8 Å². The third-order valence-corrected chi connectivity index (χ3v) is 8.53. The Bertz CT molecular complexity index is 930. The lowest BCUT2D eigenvalue weighted by Crippen LogP contribution is -2.51. The maximum Gasteiger partial charge on any atom is 0.241 e. The van der Waals surface area contributed by atoms with Gasteiger partial charge in [0, 0.05) is 51.1 Å². The number of rotatable bonds is 5. The molecule has 1 unspecified atom stereocenters. The molecule has 1 aromatic carbocycles. The molecule has 34 heavy (non-hydrogen) atoms. The van der Waals surface area contributed by atoms with E-state index in [1.165, 1.54) is 4.90 Å². The van der Waals surface area contributed by atoms with E-state index in [2.05, 4.69) is 4.90 Å². The van der Waals surface area contributed by atoms with E-state index < -0.39 is 5.41 Å². The number of morpholine rings is 1. The van der Waals surface area contributed by atoms with E-state index in [1.807, 2.05) is 36.1 Å². The normalized spacial score (nSPS) is 27.7. The second-order valence-corrected chi connectivity index (χ2v) is 10.5. The van der Waals surface area contributed by atoms with Gasteiger partial charge >= 0.3 is 0 Å². The van der Waals surface area contributed by atoms with Crippen LogP contribution in [0.3, 0.4) is 0 Å². The minimum absolute atomic E-state index is 0.00176. The standard InChI is InChI=1S/C27H37N3O4/c1-20-6-2-5-9-23(20)27(19-25(32)30(26(27)33)22-7-3-4-8-22)18-24(31)29-12-10-21(11-13-29)28-14-16-34-17-15-28/h2,5-6,9,21-22H,3-4,7-8,10-19H2,1H3. The molecule has 0 bridgehead atoms. The molecule has 0 aromatic heterocycles. The van der Waals surface area contributed by atoms with Gasteiger partial charge in [0.1, 0.15) is 0 Å². The molecule has 1 aliphatic carbocycles. The number of imide groups is 1. The first-order valence-electron chi connectivity index (χ1n) is 13.0. The van der Waals surface area contributed by atoms with Crippen LogP contribution in [0.15, 0.2) is 24.3 Å². The lowest BCUT2D eigenvalue weighted by Gasteiger charge is -2.41. The van der Waals surface area contributed by atoms with Gasteiger partial charge in [0.25, 0.3) is 0 Å². The van der Waals surface area contributed by atoms with Crippen molar-refractivity contribution < 1.29 is 19.1 Å². The molecule has 7 nitrogen and oxygen atoms in total. The van der Waals surface area contributed by atoms with E-state index >= 15 is 0 Å². The number of carbonyl (C=O) groups excluding carboxylic acids is 3. The van der Waals surface area contributed by atoms with Crippen LogP contribution in [-0.4, -0.2) is 83.9 Å². The Morgan fingerprint density at radius 1 is 0.971 bits per heavy atom. The molecule has 3 heterocycles. The number of benzene rings is 1. The Hall–Kier alpha value is -2.25. The van der Waals surface area contributed by atoms with Crippen LogP contribution in [0.25, 0.3) is 0 Å². The minimum atomic E-state index is -1.08. The maximum absolute atomic E-state index is 14.0. The molecule has 1 aromatic rings. The van der Waals surface area contributed by atoms with Crippen molar-refractivity contribution in [3.63, 3.8) is 0 Å². The zero-order chi connectivity index (χ0) is 23.7. The number of amides is 3. The van der Waals surface area contributed by atoms with Gasteiger partial charge in [-0.25, -0.2) is 0 Å². The van der Waals surface area contributed by atoms with Gasteiger partial charge in [-0.15, -0.1) is 0 Å². The largest absolute Gasteiger partial charge is 0.379 e. The van der Waals surface area contributed by atoms with Gasteiger partial charge in [0.15, 0.2) is 0 Å². The first kappa shape index (κ1) is 23.5. The van der Waals surface area contributed by atoms with Crippen LogP contribution >= 0.6 is 0 Å². The summed E-state index contributed by atoms with van der Waals surface area (Å²) < 4.78 is 5.48. The quantitative estimate of drug-likeness (QED) is 0.623. The van der Waals surface area contributed by atoms with E-state index in [-0.39, 0.29) is 36.6 Å². The van der Waals surface area contributed by atoms with E-state index in [0.29, 0.717) is 19.1 Å². The Balaban J connectivity index is 1.35. The summed E-state index contributed by atoms with van der Waals surface area (Å²) in [6.07, 6.45) is 5.94. The average molecular weight is 468 g/mol. The first-order chi connectivity index (χ1) is 16.5. The van der Waals surface area contributed by atoms with Crippen LogP contribution in [-0.2, 0) is 24.5 Å². The van der Waals surface area contributed by atoms with Crippen LogP contribution in [0.1, 0.15) is 62.5 Å². The Morgan fingerprint density at radius 3 is 2.32 bits per heavy atom. The number of piperidine rings is 1. The fourth-order valence-corrected chi connectivity index (χ4v) is 6.64. The zero-order valence-corrected chi connectivity index (χ0v) is 20.3. The molecule has 7 heteroatoms. The number of hydrogen-bond acceptors (Lipinski definition) is 5. The number of carbonyl (C=O) groups is 3. The molecule has 3 saturated heterocycles. The van der Waals surface area contributed by atoms with Gasteiger partial charge in [-0.2, -0.15) is 0 Å². The third kappa shape index (κ3) is 4.29. The molecule has 3 aliphatic heterocycles. The summed E-state index contributed by atoms with van der Waals surface area (Å²) in [5.41, 5.74) is 0.726. The summed E-state index contributed by atoms with van der Waals surface area (Å²) in [6, 6.07) is 8.26. The van der Waals surface area contributed by atoms with Gasteiger partial charge in [-0.3, -0.25) is 24.2 Å². The average Bonchev–Trinajstić information content (AvgIpc) is 3.46. The van der Waals surface area contributed by atoms with Crippen molar-refractivity contribution in [3.05, 3.63) is 35.4 Å². The predicted octanol–water partition coefficient (Wildman–Crippen LogP) is 2.65. The molecular formula is C27H37N3O4. The smallest absolute Gasteiger partial charge is 0.241 e. The molecule has 0 spiro atoms. The number of aryl methyl sites for hydroxylation is 1.